The summed E-state index contributed by atoms with van der Waals surface area (Å²) in [5, 5.41) is 6.09. The van der Waals surface area contributed by atoms with Crippen LogP contribution in [0.1, 0.15) is 6.42 Å². The third kappa shape index (κ3) is 4.71. The lowest BCUT2D eigenvalue weighted by Crippen LogP contribution is -2.20. The number of carbonyl (C=O) groups is 1. The molecule has 0 unspecified atom stereocenters. The minimum Gasteiger partial charge on any atom is -0.408 e. The van der Waals surface area contributed by atoms with Gasteiger partial charge in [-0.1, -0.05) is 30.3 Å². The van der Waals surface area contributed by atoms with Crippen LogP contribution < -0.4 is 16.4 Å². The third-order valence-electron chi connectivity index (χ3n) is 5.30. The Balaban J connectivity index is 1.27. The number of para-hydroxylation sites is 3. The second-order valence-electron chi connectivity index (χ2n) is 7.64. The molecule has 0 aliphatic rings. The molecule has 0 saturated heterocycles. The summed E-state index contributed by atoms with van der Waals surface area (Å²) >= 11 is 0. The summed E-state index contributed by atoms with van der Waals surface area (Å²) in [7, 11) is 0. The predicted molar refractivity (Wildman–Crippen MR) is 131 cm³/mol. The monoisotopic (exact) mass is 451 g/mol. The second-order valence-corrected chi connectivity index (χ2v) is 7.64. The lowest BCUT2D eigenvalue weighted by molar-refractivity contribution is -0.116. The van der Waals surface area contributed by atoms with Gasteiger partial charge in [-0.05, 0) is 59.7 Å². The summed E-state index contributed by atoms with van der Waals surface area (Å²) < 4.78 is 6.67. The summed E-state index contributed by atoms with van der Waals surface area (Å²) in [5.74, 6) is 0.417. The van der Waals surface area contributed by atoms with E-state index < -0.39 is 5.76 Å². The molecule has 3 heterocycles. The van der Waals surface area contributed by atoms with Crippen molar-refractivity contribution in [3.05, 3.63) is 102 Å². The van der Waals surface area contributed by atoms with Crippen LogP contribution in [0.15, 0.2) is 100 Å². The molecule has 0 bridgehead atoms. The molecule has 0 radical (unpaired) electrons. The molecular weight excluding hydrogens is 430 g/mol. The van der Waals surface area contributed by atoms with E-state index in [-0.39, 0.29) is 18.9 Å². The van der Waals surface area contributed by atoms with E-state index in [0.717, 1.165) is 16.8 Å². The van der Waals surface area contributed by atoms with E-state index in [9.17, 15) is 9.59 Å². The predicted octanol–water partition coefficient (Wildman–Crippen LogP) is 4.82. The van der Waals surface area contributed by atoms with Gasteiger partial charge in [0.15, 0.2) is 5.58 Å². The highest BCUT2D eigenvalue weighted by molar-refractivity contribution is 5.90. The number of nitrogens with one attached hydrogen (secondary N) is 2. The number of nitrogens with zero attached hydrogens (tertiary/aromatic N) is 3. The minimum absolute atomic E-state index is 0.107. The third-order valence-corrected chi connectivity index (χ3v) is 5.30. The lowest BCUT2D eigenvalue weighted by Gasteiger charge is -2.09. The Bertz CT molecular complexity index is 1510. The van der Waals surface area contributed by atoms with Crippen LogP contribution in [-0.4, -0.2) is 20.4 Å². The number of aryl methyl sites for hydroxylation is 1. The van der Waals surface area contributed by atoms with E-state index in [0.29, 0.717) is 22.7 Å². The first-order valence-electron chi connectivity index (χ1n) is 10.8. The molecule has 5 rings (SSSR count). The van der Waals surface area contributed by atoms with Crippen molar-refractivity contribution >= 4 is 34.3 Å². The molecule has 0 atom stereocenters. The highest BCUT2D eigenvalue weighted by Crippen LogP contribution is 2.24. The number of hydrogen-bond acceptors (Lipinski definition) is 6. The lowest BCUT2D eigenvalue weighted by atomic mass is 10.1. The van der Waals surface area contributed by atoms with Gasteiger partial charge in [0.05, 0.1) is 5.52 Å². The zero-order valence-electron chi connectivity index (χ0n) is 18.1. The van der Waals surface area contributed by atoms with Gasteiger partial charge in [-0.15, -0.1) is 0 Å². The van der Waals surface area contributed by atoms with Crippen molar-refractivity contribution in [3.63, 3.8) is 0 Å². The van der Waals surface area contributed by atoms with Crippen molar-refractivity contribution in [2.24, 2.45) is 0 Å². The van der Waals surface area contributed by atoms with Crippen LogP contribution in [0.5, 0.6) is 0 Å². The largest absolute Gasteiger partial charge is 0.419 e. The van der Waals surface area contributed by atoms with Crippen molar-refractivity contribution in [3.8, 4) is 11.1 Å². The van der Waals surface area contributed by atoms with Gasteiger partial charge in [-0.2, -0.15) is 0 Å². The smallest absolute Gasteiger partial charge is 0.408 e. The number of amides is 1. The van der Waals surface area contributed by atoms with Crippen molar-refractivity contribution in [1.29, 1.82) is 0 Å². The van der Waals surface area contributed by atoms with E-state index in [2.05, 4.69) is 20.6 Å². The van der Waals surface area contributed by atoms with Gasteiger partial charge in [0.25, 0.3) is 0 Å². The van der Waals surface area contributed by atoms with Gasteiger partial charge in [-0.25, -0.2) is 14.8 Å². The number of rotatable bonds is 7. The summed E-state index contributed by atoms with van der Waals surface area (Å²) in [5.41, 5.74) is 3.93. The van der Waals surface area contributed by atoms with Gasteiger partial charge in [0, 0.05) is 31.0 Å². The number of benzene rings is 2. The average molecular weight is 451 g/mol. The van der Waals surface area contributed by atoms with E-state index in [1.165, 1.54) is 4.57 Å². The Hall–Kier alpha value is -4.72. The Labute approximate surface area is 194 Å². The van der Waals surface area contributed by atoms with Crippen LogP contribution in [0.2, 0.25) is 0 Å². The maximum Gasteiger partial charge on any atom is 0.419 e. The number of pyridine rings is 2. The zero-order valence-corrected chi connectivity index (χ0v) is 18.1. The molecular formula is C26H21N5O3. The van der Waals surface area contributed by atoms with E-state index >= 15 is 0 Å². The minimum atomic E-state index is -0.480. The first-order valence-corrected chi connectivity index (χ1v) is 10.8. The summed E-state index contributed by atoms with van der Waals surface area (Å²) in [6.07, 6.45) is 3.48. The highest BCUT2D eigenvalue weighted by atomic mass is 16.4. The van der Waals surface area contributed by atoms with Gasteiger partial charge in [0.1, 0.15) is 11.6 Å². The average Bonchev–Trinajstić information content (AvgIpc) is 3.18. The Kier molecular flexibility index (Phi) is 5.85. The number of fused-ring (bicyclic) bond motifs is 1. The van der Waals surface area contributed by atoms with Crippen LogP contribution in [0.4, 0.5) is 17.3 Å². The molecule has 5 aromatic rings. The first-order chi connectivity index (χ1) is 16.7. The zero-order chi connectivity index (χ0) is 23.3. The standard InChI is InChI=1S/C26H21N5O3/c32-25(12-15-31-21-8-4-5-9-22(21)34-26(31)33)30-24-17-19(11-14-28-24)18-10-13-27-23(16-18)29-20-6-2-1-3-7-20/h1-11,13-14,16-17H,12,15H2,(H,27,29)(H,28,30,32). The Morgan fingerprint density at radius 1 is 0.853 bits per heavy atom. The fraction of sp³-hybridized carbons (Fsp3) is 0.0769. The maximum absolute atomic E-state index is 12.5. The Morgan fingerprint density at radius 2 is 1.53 bits per heavy atom. The van der Waals surface area contributed by atoms with E-state index in [1.54, 1.807) is 36.7 Å². The van der Waals surface area contributed by atoms with Gasteiger partial charge < -0.3 is 15.1 Å². The van der Waals surface area contributed by atoms with Crippen LogP contribution in [0, 0.1) is 0 Å². The molecule has 0 spiro atoms. The summed E-state index contributed by atoms with van der Waals surface area (Å²) in [6.45, 7) is 0.209. The van der Waals surface area contributed by atoms with E-state index in [4.69, 9.17) is 4.42 Å². The molecule has 2 N–H and O–H groups in total. The maximum atomic E-state index is 12.5. The number of hydrogen-bond donors (Lipinski definition) is 2. The fourth-order valence-electron chi connectivity index (χ4n) is 3.67. The second kappa shape index (κ2) is 9.41. The molecule has 0 fully saturated rings. The first kappa shape index (κ1) is 21.1. The molecule has 0 aliphatic heterocycles. The molecule has 1 amide bonds. The molecule has 2 aromatic carbocycles. The molecule has 0 aliphatic carbocycles. The molecule has 34 heavy (non-hydrogen) atoms. The van der Waals surface area contributed by atoms with Crippen LogP contribution in [-0.2, 0) is 11.3 Å². The SMILES string of the molecule is O=C(CCn1c(=O)oc2ccccc21)Nc1cc(-c2ccnc(Nc3ccccc3)c2)ccn1. The van der Waals surface area contributed by atoms with Crippen molar-refractivity contribution in [2.45, 2.75) is 13.0 Å². The quantitative estimate of drug-likeness (QED) is 0.368. The molecule has 3 aromatic heterocycles. The fourth-order valence-corrected chi connectivity index (χ4v) is 3.67. The van der Waals surface area contributed by atoms with Gasteiger partial charge in [-0.3, -0.25) is 9.36 Å². The van der Waals surface area contributed by atoms with Crippen molar-refractivity contribution < 1.29 is 9.21 Å². The number of anilines is 3. The van der Waals surface area contributed by atoms with Crippen LogP contribution in [0.3, 0.4) is 0 Å². The Morgan fingerprint density at radius 3 is 2.32 bits per heavy atom. The van der Waals surface area contributed by atoms with Gasteiger partial charge in [0.2, 0.25) is 5.91 Å². The van der Waals surface area contributed by atoms with Crippen molar-refractivity contribution in [2.75, 3.05) is 10.6 Å². The number of aromatic nitrogens is 3. The normalized spacial score (nSPS) is 10.8. The number of carbonyl (C=O) groups excluding carboxylic acids is 1. The molecule has 8 heteroatoms. The molecule has 0 saturated carbocycles. The topological polar surface area (TPSA) is 102 Å². The summed E-state index contributed by atoms with van der Waals surface area (Å²) in [4.78, 5) is 33.3. The molecule has 8 nitrogen and oxygen atoms in total. The molecule has 168 valence electrons. The number of oxazole rings is 1. The highest BCUT2D eigenvalue weighted by Gasteiger charge is 2.11. The summed E-state index contributed by atoms with van der Waals surface area (Å²) in [6, 6.07) is 24.4. The van der Waals surface area contributed by atoms with Crippen LogP contribution >= 0.6 is 0 Å². The van der Waals surface area contributed by atoms with Gasteiger partial charge >= 0.3 is 5.76 Å². The van der Waals surface area contributed by atoms with Crippen molar-refractivity contribution in [1.82, 2.24) is 14.5 Å². The van der Waals surface area contributed by atoms with Crippen LogP contribution in [0.25, 0.3) is 22.2 Å². The van der Waals surface area contributed by atoms with E-state index in [1.807, 2.05) is 54.6 Å².